The van der Waals surface area contributed by atoms with Crippen molar-refractivity contribution in [2.45, 2.75) is 26.9 Å². The molecule has 4 aromatic rings. The number of halogens is 1. The zero-order valence-corrected chi connectivity index (χ0v) is 16.0. The number of anilines is 1. The van der Waals surface area contributed by atoms with Gasteiger partial charge in [0.1, 0.15) is 17.1 Å². The van der Waals surface area contributed by atoms with E-state index in [0.717, 1.165) is 5.75 Å². The Balaban J connectivity index is 1.59. The molecule has 0 fully saturated rings. The number of fused-ring (bicyclic) bond motifs is 1. The normalized spacial score (nSPS) is 11.2. The number of aromatic nitrogens is 2. The predicted molar refractivity (Wildman–Crippen MR) is 104 cm³/mol. The van der Waals surface area contributed by atoms with Crippen molar-refractivity contribution in [1.29, 1.82) is 0 Å². The van der Waals surface area contributed by atoms with E-state index in [1.54, 1.807) is 31.2 Å². The van der Waals surface area contributed by atoms with E-state index in [-0.39, 0.29) is 17.7 Å². The lowest BCUT2D eigenvalue weighted by Crippen LogP contribution is -2.13. The van der Waals surface area contributed by atoms with Gasteiger partial charge in [-0.1, -0.05) is 0 Å². The highest BCUT2D eigenvalue weighted by atomic mass is 19.1. The summed E-state index contributed by atoms with van der Waals surface area (Å²) >= 11 is 0. The third-order valence-corrected chi connectivity index (χ3v) is 4.32. The topological polar surface area (TPSA) is 90.4 Å². The molecule has 1 N–H and O–H groups in total. The molecule has 0 saturated carbocycles. The minimum absolute atomic E-state index is 0.0601. The standard InChI is InChI=1S/C21H18FN3O4/c1-11(2)27-15-7-4-13(5-8-15)18-20(25-29-24-18)23-21(26)19-12(3)16-10-14(22)6-9-17(16)28-19/h4-11H,1-3H3,(H,23,25,26). The van der Waals surface area contributed by atoms with Crippen LogP contribution in [0.3, 0.4) is 0 Å². The van der Waals surface area contributed by atoms with E-state index >= 15 is 0 Å². The van der Waals surface area contributed by atoms with Crippen molar-refractivity contribution in [1.82, 2.24) is 10.3 Å². The maximum atomic E-state index is 13.5. The Morgan fingerprint density at radius 2 is 1.90 bits per heavy atom. The molecule has 2 aromatic carbocycles. The molecule has 0 saturated heterocycles. The van der Waals surface area contributed by atoms with Gasteiger partial charge in [0.15, 0.2) is 11.5 Å². The first-order valence-electron chi connectivity index (χ1n) is 9.02. The summed E-state index contributed by atoms with van der Waals surface area (Å²) in [6.45, 7) is 5.57. The van der Waals surface area contributed by atoms with Crippen molar-refractivity contribution in [2.75, 3.05) is 5.32 Å². The molecule has 29 heavy (non-hydrogen) atoms. The molecule has 148 valence electrons. The number of ether oxygens (including phenoxy) is 1. The fraction of sp³-hybridized carbons (Fsp3) is 0.190. The van der Waals surface area contributed by atoms with Crippen molar-refractivity contribution < 1.29 is 23.0 Å². The molecule has 0 aliphatic carbocycles. The van der Waals surface area contributed by atoms with Crippen LogP contribution < -0.4 is 10.1 Å². The van der Waals surface area contributed by atoms with Crippen molar-refractivity contribution in [3.05, 3.63) is 59.6 Å². The van der Waals surface area contributed by atoms with Crippen LogP contribution in [0.4, 0.5) is 10.2 Å². The number of hydrogen-bond acceptors (Lipinski definition) is 6. The van der Waals surface area contributed by atoms with Crippen LogP contribution in [0.15, 0.2) is 51.5 Å². The van der Waals surface area contributed by atoms with Gasteiger partial charge < -0.3 is 9.15 Å². The summed E-state index contributed by atoms with van der Waals surface area (Å²) in [7, 11) is 0. The van der Waals surface area contributed by atoms with Gasteiger partial charge in [-0.05, 0) is 73.5 Å². The highest BCUT2D eigenvalue weighted by Gasteiger charge is 2.22. The lowest BCUT2D eigenvalue weighted by Gasteiger charge is -2.09. The molecule has 0 radical (unpaired) electrons. The Hall–Kier alpha value is -3.68. The molecular weight excluding hydrogens is 377 g/mol. The second-order valence-corrected chi connectivity index (χ2v) is 6.80. The molecule has 0 unspecified atom stereocenters. The van der Waals surface area contributed by atoms with E-state index in [1.165, 1.54) is 18.2 Å². The minimum Gasteiger partial charge on any atom is -0.491 e. The Bertz CT molecular complexity index is 1180. The third kappa shape index (κ3) is 3.69. The second-order valence-electron chi connectivity index (χ2n) is 6.80. The van der Waals surface area contributed by atoms with Crippen LogP contribution in [0, 0.1) is 12.7 Å². The van der Waals surface area contributed by atoms with Crippen LogP contribution in [-0.4, -0.2) is 22.3 Å². The average molecular weight is 395 g/mol. The van der Waals surface area contributed by atoms with Crippen LogP contribution >= 0.6 is 0 Å². The molecule has 0 aliphatic rings. The van der Waals surface area contributed by atoms with Gasteiger partial charge in [-0.25, -0.2) is 9.02 Å². The van der Waals surface area contributed by atoms with Gasteiger partial charge in [-0.15, -0.1) is 0 Å². The van der Waals surface area contributed by atoms with Gasteiger partial charge in [0.2, 0.25) is 5.82 Å². The predicted octanol–water partition coefficient (Wildman–Crippen LogP) is 4.97. The molecule has 0 spiro atoms. The molecule has 4 rings (SSSR count). The van der Waals surface area contributed by atoms with Gasteiger partial charge in [-0.3, -0.25) is 10.1 Å². The van der Waals surface area contributed by atoms with Crippen molar-refractivity contribution in [3.63, 3.8) is 0 Å². The monoisotopic (exact) mass is 395 g/mol. The van der Waals surface area contributed by atoms with Crippen molar-refractivity contribution >= 4 is 22.7 Å². The molecule has 0 aliphatic heterocycles. The summed E-state index contributed by atoms with van der Waals surface area (Å²) in [5.41, 5.74) is 2.02. The average Bonchev–Trinajstić information content (AvgIpc) is 3.27. The number of benzene rings is 2. The summed E-state index contributed by atoms with van der Waals surface area (Å²) in [4.78, 5) is 12.7. The summed E-state index contributed by atoms with van der Waals surface area (Å²) in [6.07, 6.45) is 0.0601. The second kappa shape index (κ2) is 7.38. The number of carbonyl (C=O) groups is 1. The first kappa shape index (κ1) is 18.7. The van der Waals surface area contributed by atoms with E-state index in [0.29, 0.717) is 27.8 Å². The van der Waals surface area contributed by atoms with Crippen LogP contribution in [0.5, 0.6) is 5.75 Å². The molecule has 1 amide bonds. The van der Waals surface area contributed by atoms with Gasteiger partial charge in [0.25, 0.3) is 5.91 Å². The van der Waals surface area contributed by atoms with Crippen LogP contribution in [0.25, 0.3) is 22.2 Å². The summed E-state index contributed by atoms with van der Waals surface area (Å²) in [5, 5.41) is 10.8. The lowest BCUT2D eigenvalue weighted by atomic mass is 10.1. The largest absolute Gasteiger partial charge is 0.491 e. The zero-order chi connectivity index (χ0) is 20.5. The number of aryl methyl sites for hydroxylation is 1. The Labute approximate surface area is 165 Å². The van der Waals surface area contributed by atoms with E-state index < -0.39 is 11.7 Å². The number of nitrogens with zero attached hydrogens (tertiary/aromatic N) is 2. The number of furan rings is 1. The first-order chi connectivity index (χ1) is 13.9. The van der Waals surface area contributed by atoms with Gasteiger partial charge in [0.05, 0.1) is 6.10 Å². The molecule has 8 heteroatoms. The summed E-state index contributed by atoms with van der Waals surface area (Å²) < 4.78 is 29.5. The fourth-order valence-corrected chi connectivity index (χ4v) is 3.00. The number of nitrogens with one attached hydrogen (secondary N) is 1. The van der Waals surface area contributed by atoms with Gasteiger partial charge in [-0.2, -0.15) is 0 Å². The number of carbonyl (C=O) groups excluding carboxylic acids is 1. The zero-order valence-electron chi connectivity index (χ0n) is 16.0. The maximum Gasteiger partial charge on any atom is 0.292 e. The smallest absolute Gasteiger partial charge is 0.292 e. The molecular formula is C21H18FN3O4. The van der Waals surface area contributed by atoms with Crippen LogP contribution in [0.1, 0.15) is 30.0 Å². The van der Waals surface area contributed by atoms with Crippen molar-refractivity contribution in [2.24, 2.45) is 0 Å². The molecule has 2 aromatic heterocycles. The van der Waals surface area contributed by atoms with Crippen LogP contribution in [0.2, 0.25) is 0 Å². The van der Waals surface area contributed by atoms with E-state index in [4.69, 9.17) is 13.8 Å². The van der Waals surface area contributed by atoms with Crippen LogP contribution in [-0.2, 0) is 0 Å². The van der Waals surface area contributed by atoms with E-state index in [9.17, 15) is 9.18 Å². The minimum atomic E-state index is -0.532. The highest BCUT2D eigenvalue weighted by molar-refractivity contribution is 6.07. The van der Waals surface area contributed by atoms with Gasteiger partial charge in [0, 0.05) is 16.5 Å². The molecule has 2 heterocycles. The Kier molecular flexibility index (Phi) is 4.75. The van der Waals surface area contributed by atoms with E-state index in [2.05, 4.69) is 15.6 Å². The lowest BCUT2D eigenvalue weighted by molar-refractivity contribution is 0.0997. The highest BCUT2D eigenvalue weighted by Crippen LogP contribution is 2.29. The summed E-state index contributed by atoms with van der Waals surface area (Å²) in [6, 6.07) is 11.3. The first-order valence-corrected chi connectivity index (χ1v) is 9.02. The van der Waals surface area contributed by atoms with Gasteiger partial charge >= 0.3 is 0 Å². The third-order valence-electron chi connectivity index (χ3n) is 4.32. The SMILES string of the molecule is Cc1c(C(=O)Nc2nonc2-c2ccc(OC(C)C)cc2)oc2ccc(F)cc12. The Morgan fingerprint density at radius 3 is 2.62 bits per heavy atom. The van der Waals surface area contributed by atoms with E-state index in [1.807, 2.05) is 13.8 Å². The fourth-order valence-electron chi connectivity index (χ4n) is 3.00. The quantitative estimate of drug-likeness (QED) is 0.513. The van der Waals surface area contributed by atoms with Crippen molar-refractivity contribution in [3.8, 4) is 17.0 Å². The summed E-state index contributed by atoms with van der Waals surface area (Å²) in [5.74, 6) is 0.00627. The number of hydrogen-bond donors (Lipinski definition) is 1. The number of rotatable bonds is 5. The molecule has 7 nitrogen and oxygen atoms in total. The maximum absolute atomic E-state index is 13.5. The molecule has 0 atom stereocenters. The Morgan fingerprint density at radius 1 is 1.14 bits per heavy atom. The number of amides is 1. The molecule has 0 bridgehead atoms.